The minimum absolute atomic E-state index is 0.128. The Morgan fingerprint density at radius 1 is 1.15 bits per heavy atom. The zero-order valence-electron chi connectivity index (χ0n) is 10.9. The van der Waals surface area contributed by atoms with Crippen LogP contribution in [0.4, 0.5) is 0 Å². The third-order valence-electron chi connectivity index (χ3n) is 2.84. The smallest absolute Gasteiger partial charge is 0.318 e. The fourth-order valence-electron chi connectivity index (χ4n) is 1.90. The number of phenols is 1. The highest BCUT2D eigenvalue weighted by atomic mass is 16.5. The van der Waals surface area contributed by atoms with Crippen LogP contribution in [0.1, 0.15) is 0 Å². The normalized spacial score (nSPS) is 10.7. The van der Waals surface area contributed by atoms with Gasteiger partial charge in [-0.25, -0.2) is 9.97 Å². The number of aromatic amines is 1. The van der Waals surface area contributed by atoms with Gasteiger partial charge in [0.05, 0.1) is 26.0 Å². The highest BCUT2D eigenvalue weighted by Gasteiger charge is 2.12. The molecular weight excluding hydrogens is 260 g/mol. The second-order valence-electron chi connectivity index (χ2n) is 4.06. The maximum atomic E-state index is 9.47. The molecule has 2 aromatic heterocycles. The molecule has 1 aromatic carbocycles. The van der Waals surface area contributed by atoms with Crippen molar-refractivity contribution in [1.82, 2.24) is 19.9 Å². The zero-order valence-corrected chi connectivity index (χ0v) is 10.9. The summed E-state index contributed by atoms with van der Waals surface area (Å²) in [5, 5.41) is 9.47. The first-order valence-corrected chi connectivity index (χ1v) is 5.85. The average Bonchev–Trinajstić information content (AvgIpc) is 2.89. The number of benzene rings is 1. The summed E-state index contributed by atoms with van der Waals surface area (Å²) >= 11 is 0. The van der Waals surface area contributed by atoms with Gasteiger partial charge < -0.3 is 19.6 Å². The molecule has 7 heteroatoms. The number of aromatic hydroxyl groups is 1. The molecular formula is C13H12N4O3. The molecule has 0 spiro atoms. The molecule has 0 amide bonds. The van der Waals surface area contributed by atoms with Crippen LogP contribution in [-0.2, 0) is 0 Å². The summed E-state index contributed by atoms with van der Waals surface area (Å²) in [6.07, 6.45) is 1.58. The maximum Gasteiger partial charge on any atom is 0.318 e. The van der Waals surface area contributed by atoms with Crippen LogP contribution in [0.15, 0.2) is 24.4 Å². The molecule has 0 saturated heterocycles. The molecule has 2 N–H and O–H groups in total. The Labute approximate surface area is 114 Å². The summed E-state index contributed by atoms with van der Waals surface area (Å²) in [7, 11) is 3.03. The second-order valence-corrected chi connectivity index (χ2v) is 4.06. The molecule has 20 heavy (non-hydrogen) atoms. The first-order chi connectivity index (χ1) is 9.71. The quantitative estimate of drug-likeness (QED) is 0.754. The molecule has 3 aromatic rings. The topological polar surface area (TPSA) is 93.2 Å². The van der Waals surface area contributed by atoms with Crippen LogP contribution in [0.3, 0.4) is 0 Å². The van der Waals surface area contributed by atoms with Gasteiger partial charge in [0.2, 0.25) is 0 Å². The molecule has 0 unspecified atom stereocenters. The van der Waals surface area contributed by atoms with Crippen molar-refractivity contribution >= 4 is 11.2 Å². The van der Waals surface area contributed by atoms with Gasteiger partial charge in [-0.3, -0.25) is 0 Å². The molecule has 7 nitrogen and oxygen atoms in total. The zero-order chi connectivity index (χ0) is 14.1. The van der Waals surface area contributed by atoms with Crippen LogP contribution in [-0.4, -0.2) is 39.3 Å². The van der Waals surface area contributed by atoms with Gasteiger partial charge in [-0.15, -0.1) is 0 Å². The van der Waals surface area contributed by atoms with Gasteiger partial charge in [0, 0.05) is 6.07 Å². The Bertz CT molecular complexity index is 769. The number of ether oxygens (including phenoxy) is 2. The number of nitrogens with one attached hydrogen (secondary N) is 1. The molecule has 0 bridgehead atoms. The third-order valence-corrected chi connectivity index (χ3v) is 2.84. The molecule has 0 aliphatic heterocycles. The van der Waals surface area contributed by atoms with Crippen molar-refractivity contribution < 1.29 is 14.6 Å². The first-order valence-electron chi connectivity index (χ1n) is 5.85. The molecule has 0 radical (unpaired) electrons. The van der Waals surface area contributed by atoms with Gasteiger partial charge in [-0.05, 0) is 12.1 Å². The molecule has 2 heterocycles. The average molecular weight is 272 g/mol. The summed E-state index contributed by atoms with van der Waals surface area (Å²) in [6, 6.07) is 5.08. The lowest BCUT2D eigenvalue weighted by molar-refractivity contribution is 0.381. The SMILES string of the molecule is COc1ncc2nc(-c3ccc(O)cc3OC)[nH]c2n1. The van der Waals surface area contributed by atoms with Crippen molar-refractivity contribution in [2.45, 2.75) is 0 Å². The second kappa shape index (κ2) is 4.69. The van der Waals surface area contributed by atoms with E-state index >= 15 is 0 Å². The number of aromatic nitrogens is 4. The van der Waals surface area contributed by atoms with E-state index in [0.717, 1.165) is 5.56 Å². The summed E-state index contributed by atoms with van der Waals surface area (Å²) < 4.78 is 10.2. The molecule has 0 saturated carbocycles. The molecule has 102 valence electrons. The van der Waals surface area contributed by atoms with E-state index in [1.165, 1.54) is 20.3 Å². The Morgan fingerprint density at radius 2 is 2.00 bits per heavy atom. The van der Waals surface area contributed by atoms with Crippen LogP contribution < -0.4 is 9.47 Å². The lowest BCUT2D eigenvalue weighted by Gasteiger charge is -2.05. The van der Waals surface area contributed by atoms with Crippen LogP contribution in [0, 0.1) is 0 Å². The molecule has 0 aliphatic rings. The van der Waals surface area contributed by atoms with Gasteiger partial charge in [-0.1, -0.05) is 0 Å². The highest BCUT2D eigenvalue weighted by Crippen LogP contribution is 2.32. The van der Waals surface area contributed by atoms with E-state index in [-0.39, 0.29) is 11.8 Å². The number of phenolic OH excluding ortho intramolecular Hbond substituents is 1. The number of fused-ring (bicyclic) bond motifs is 1. The Hall–Kier alpha value is -2.83. The lowest BCUT2D eigenvalue weighted by atomic mass is 10.2. The van der Waals surface area contributed by atoms with Crippen molar-refractivity contribution in [3.8, 4) is 28.9 Å². The van der Waals surface area contributed by atoms with E-state index in [4.69, 9.17) is 9.47 Å². The van der Waals surface area contributed by atoms with Crippen molar-refractivity contribution in [2.75, 3.05) is 14.2 Å². The van der Waals surface area contributed by atoms with Crippen LogP contribution in [0.2, 0.25) is 0 Å². The van der Waals surface area contributed by atoms with E-state index in [0.29, 0.717) is 22.7 Å². The van der Waals surface area contributed by atoms with Crippen LogP contribution in [0.5, 0.6) is 17.5 Å². The highest BCUT2D eigenvalue weighted by molar-refractivity contribution is 5.77. The van der Waals surface area contributed by atoms with Gasteiger partial charge in [0.1, 0.15) is 22.8 Å². The monoisotopic (exact) mass is 272 g/mol. The van der Waals surface area contributed by atoms with E-state index in [9.17, 15) is 5.11 Å². The summed E-state index contributed by atoms with van der Waals surface area (Å²) in [5.74, 6) is 1.23. The predicted molar refractivity (Wildman–Crippen MR) is 71.9 cm³/mol. The van der Waals surface area contributed by atoms with Crippen molar-refractivity contribution in [3.05, 3.63) is 24.4 Å². The standard InChI is InChI=1S/C13H12N4O3/c1-19-10-5-7(18)3-4-8(10)11-15-9-6-14-13(20-2)17-12(9)16-11/h3-6,18H,1-2H3,(H,14,15,16,17). The maximum absolute atomic E-state index is 9.47. The van der Waals surface area contributed by atoms with E-state index in [1.807, 2.05) is 0 Å². The Balaban J connectivity index is 2.14. The summed E-state index contributed by atoms with van der Waals surface area (Å²) in [4.78, 5) is 15.6. The van der Waals surface area contributed by atoms with Gasteiger partial charge >= 0.3 is 6.01 Å². The Morgan fingerprint density at radius 3 is 2.75 bits per heavy atom. The van der Waals surface area contributed by atoms with Crippen molar-refractivity contribution in [1.29, 1.82) is 0 Å². The number of nitrogens with zero attached hydrogens (tertiary/aromatic N) is 3. The number of hydrogen-bond donors (Lipinski definition) is 2. The van der Waals surface area contributed by atoms with Crippen LogP contribution >= 0.6 is 0 Å². The molecule has 0 aliphatic carbocycles. The van der Waals surface area contributed by atoms with Gasteiger partial charge in [0.25, 0.3) is 0 Å². The molecule has 3 rings (SSSR count). The number of methoxy groups -OCH3 is 2. The fraction of sp³-hybridized carbons (Fsp3) is 0.154. The number of hydrogen-bond acceptors (Lipinski definition) is 6. The van der Waals surface area contributed by atoms with Crippen LogP contribution in [0.25, 0.3) is 22.6 Å². The lowest BCUT2D eigenvalue weighted by Crippen LogP contribution is -1.90. The Kier molecular flexibility index (Phi) is 2.86. The van der Waals surface area contributed by atoms with Crippen molar-refractivity contribution in [2.24, 2.45) is 0 Å². The third kappa shape index (κ3) is 1.99. The van der Waals surface area contributed by atoms with Crippen molar-refractivity contribution in [3.63, 3.8) is 0 Å². The van der Waals surface area contributed by atoms with E-state index in [1.54, 1.807) is 18.3 Å². The summed E-state index contributed by atoms with van der Waals surface area (Å²) in [5.41, 5.74) is 1.92. The largest absolute Gasteiger partial charge is 0.508 e. The minimum Gasteiger partial charge on any atom is -0.508 e. The molecule has 0 fully saturated rings. The first kappa shape index (κ1) is 12.2. The van der Waals surface area contributed by atoms with Gasteiger partial charge in [0.15, 0.2) is 5.65 Å². The summed E-state index contributed by atoms with van der Waals surface area (Å²) in [6.45, 7) is 0. The van der Waals surface area contributed by atoms with E-state index < -0.39 is 0 Å². The van der Waals surface area contributed by atoms with Gasteiger partial charge in [-0.2, -0.15) is 4.98 Å². The fourth-order valence-corrected chi connectivity index (χ4v) is 1.90. The predicted octanol–water partition coefficient (Wildman–Crippen LogP) is 1.74. The number of rotatable bonds is 3. The molecule has 0 atom stereocenters. The minimum atomic E-state index is 0.128. The van der Waals surface area contributed by atoms with E-state index in [2.05, 4.69) is 19.9 Å². The number of H-pyrrole nitrogens is 1. The number of imidazole rings is 1.